The van der Waals surface area contributed by atoms with E-state index in [1.165, 1.54) is 6.33 Å². The van der Waals surface area contributed by atoms with Crippen molar-refractivity contribution in [3.05, 3.63) is 52.6 Å². The van der Waals surface area contributed by atoms with Gasteiger partial charge in [0.15, 0.2) is 17.8 Å². The van der Waals surface area contributed by atoms with Crippen LogP contribution in [0.3, 0.4) is 0 Å². The number of ether oxygens (including phenoxy) is 1. The van der Waals surface area contributed by atoms with Crippen LogP contribution in [0.25, 0.3) is 11.2 Å². The molecule has 0 aliphatic heterocycles. The average Bonchev–Trinajstić information content (AvgIpc) is 2.98. The van der Waals surface area contributed by atoms with Gasteiger partial charge in [-0.3, -0.25) is 9.78 Å². The first kappa shape index (κ1) is 15.3. The van der Waals surface area contributed by atoms with Crippen molar-refractivity contribution < 1.29 is 9.53 Å². The number of nitrogens with two attached hydrogens (primary N) is 1. The number of imidazole rings is 1. The van der Waals surface area contributed by atoms with Crippen molar-refractivity contribution in [2.75, 3.05) is 12.3 Å². The molecular weight excluding hydrogens is 310 g/mol. The molecule has 0 fully saturated rings. The second-order valence-corrected chi connectivity index (χ2v) is 4.79. The summed E-state index contributed by atoms with van der Waals surface area (Å²) in [5.41, 5.74) is 6.14. The highest BCUT2D eigenvalue weighted by Gasteiger charge is 2.08. The van der Waals surface area contributed by atoms with Crippen LogP contribution in [0.2, 0.25) is 0 Å². The van der Waals surface area contributed by atoms with Crippen LogP contribution < -0.4 is 11.3 Å². The summed E-state index contributed by atoms with van der Waals surface area (Å²) in [5.74, 6) is 5.14. The van der Waals surface area contributed by atoms with E-state index in [2.05, 4.69) is 26.8 Å². The minimum absolute atomic E-state index is 0.0130. The molecule has 1 aromatic carbocycles. The molecule has 0 unspecified atom stereocenters. The van der Waals surface area contributed by atoms with E-state index >= 15 is 0 Å². The van der Waals surface area contributed by atoms with Crippen molar-refractivity contribution in [3.63, 3.8) is 0 Å². The largest absolute Gasteiger partial charge is 0.449 e. The zero-order chi connectivity index (χ0) is 16.9. The zero-order valence-corrected chi connectivity index (χ0v) is 12.5. The molecule has 24 heavy (non-hydrogen) atoms. The van der Waals surface area contributed by atoms with E-state index < -0.39 is 11.5 Å². The Labute approximate surface area is 136 Å². The summed E-state index contributed by atoms with van der Waals surface area (Å²) < 4.78 is 6.64. The Morgan fingerprint density at radius 2 is 2.08 bits per heavy atom. The summed E-state index contributed by atoms with van der Waals surface area (Å²) >= 11 is 0. The van der Waals surface area contributed by atoms with Gasteiger partial charge in [0.05, 0.1) is 18.4 Å². The molecule has 0 radical (unpaired) electrons. The number of esters is 1. The summed E-state index contributed by atoms with van der Waals surface area (Å²) in [6, 6.07) is 8.67. The molecule has 3 aromatic rings. The lowest BCUT2D eigenvalue weighted by Gasteiger charge is -2.00. The number of fused-ring (bicyclic) bond motifs is 1. The van der Waals surface area contributed by atoms with Gasteiger partial charge in [-0.15, -0.1) is 0 Å². The smallest absolute Gasteiger partial charge is 0.339 e. The minimum Gasteiger partial charge on any atom is -0.449 e. The number of hydrogen-bond acceptors (Lipinski definition) is 6. The van der Waals surface area contributed by atoms with Gasteiger partial charge in [-0.25, -0.2) is 9.78 Å². The highest BCUT2D eigenvalue weighted by atomic mass is 16.5. The maximum absolute atomic E-state index is 11.7. The summed E-state index contributed by atoms with van der Waals surface area (Å²) in [6.45, 7) is 0.214. The number of carbonyl (C=O) groups is 1. The molecule has 0 amide bonds. The van der Waals surface area contributed by atoms with Crippen LogP contribution in [0, 0.1) is 11.8 Å². The van der Waals surface area contributed by atoms with Gasteiger partial charge in [-0.1, -0.05) is 30.0 Å². The van der Waals surface area contributed by atoms with Gasteiger partial charge in [0.2, 0.25) is 5.95 Å². The number of aromatic amines is 1. The van der Waals surface area contributed by atoms with Gasteiger partial charge < -0.3 is 15.0 Å². The quantitative estimate of drug-likeness (QED) is 0.537. The SMILES string of the molecule is Nc1nc2c(ncn2CC#CCOC(=O)c2ccccc2)c(=O)[nH]1. The number of hydrogen-bond donors (Lipinski definition) is 2. The molecule has 0 aliphatic carbocycles. The third kappa shape index (κ3) is 3.25. The fourth-order valence-electron chi connectivity index (χ4n) is 2.04. The molecular formula is C16H13N5O3. The van der Waals surface area contributed by atoms with Crippen molar-refractivity contribution in [1.82, 2.24) is 19.5 Å². The number of benzene rings is 1. The molecule has 0 saturated carbocycles. The second-order valence-electron chi connectivity index (χ2n) is 4.79. The monoisotopic (exact) mass is 323 g/mol. The molecule has 0 spiro atoms. The number of nitrogens with zero attached hydrogens (tertiary/aromatic N) is 3. The van der Waals surface area contributed by atoms with E-state index in [-0.39, 0.29) is 24.6 Å². The van der Waals surface area contributed by atoms with Gasteiger partial charge >= 0.3 is 5.97 Å². The van der Waals surface area contributed by atoms with Crippen molar-refractivity contribution in [2.45, 2.75) is 6.54 Å². The molecule has 3 N–H and O–H groups in total. The number of H-pyrrole nitrogens is 1. The lowest BCUT2D eigenvalue weighted by Crippen LogP contribution is -2.12. The first-order valence-electron chi connectivity index (χ1n) is 7.03. The Bertz CT molecular complexity index is 995. The lowest BCUT2D eigenvalue weighted by atomic mass is 10.2. The standard InChI is InChI=1S/C16H13N5O3/c17-16-19-13-12(14(22)20-16)18-10-21(13)8-4-5-9-24-15(23)11-6-2-1-3-7-11/h1-3,6-7,10H,8-9H2,(H3,17,19,20,22). The molecule has 0 atom stereocenters. The van der Waals surface area contributed by atoms with Crippen molar-refractivity contribution >= 4 is 23.1 Å². The predicted molar refractivity (Wildman–Crippen MR) is 87.1 cm³/mol. The summed E-state index contributed by atoms with van der Waals surface area (Å²) in [4.78, 5) is 33.8. The van der Waals surface area contributed by atoms with Crippen LogP contribution in [0.5, 0.6) is 0 Å². The fourth-order valence-corrected chi connectivity index (χ4v) is 2.04. The van der Waals surface area contributed by atoms with Gasteiger partial charge in [-0.2, -0.15) is 4.98 Å². The highest BCUT2D eigenvalue weighted by molar-refractivity contribution is 5.89. The Balaban J connectivity index is 1.62. The molecule has 0 saturated heterocycles. The van der Waals surface area contributed by atoms with Crippen molar-refractivity contribution in [2.24, 2.45) is 0 Å². The number of aromatic nitrogens is 4. The Morgan fingerprint density at radius 3 is 2.88 bits per heavy atom. The molecule has 8 heteroatoms. The van der Waals surface area contributed by atoms with Gasteiger partial charge in [0.1, 0.15) is 0 Å². The summed E-state index contributed by atoms with van der Waals surface area (Å²) in [7, 11) is 0. The first-order chi connectivity index (χ1) is 11.6. The molecule has 8 nitrogen and oxygen atoms in total. The maximum Gasteiger partial charge on any atom is 0.339 e. The lowest BCUT2D eigenvalue weighted by molar-refractivity contribution is 0.0556. The van der Waals surface area contributed by atoms with Crippen LogP contribution in [-0.2, 0) is 11.3 Å². The maximum atomic E-state index is 11.7. The number of anilines is 1. The van der Waals surface area contributed by atoms with E-state index in [1.807, 2.05) is 6.07 Å². The van der Waals surface area contributed by atoms with E-state index in [9.17, 15) is 9.59 Å². The van der Waals surface area contributed by atoms with Crippen LogP contribution in [0.15, 0.2) is 41.5 Å². The Hall–Kier alpha value is -3.60. The van der Waals surface area contributed by atoms with Crippen molar-refractivity contribution in [1.29, 1.82) is 0 Å². The molecule has 0 aliphatic rings. The molecule has 2 heterocycles. The molecule has 0 bridgehead atoms. The van der Waals surface area contributed by atoms with Crippen LogP contribution in [0.1, 0.15) is 10.4 Å². The minimum atomic E-state index is -0.432. The third-order valence-electron chi connectivity index (χ3n) is 3.15. The topological polar surface area (TPSA) is 116 Å². The number of nitrogens with one attached hydrogen (secondary N) is 1. The first-order valence-corrected chi connectivity index (χ1v) is 7.03. The van der Waals surface area contributed by atoms with Crippen molar-refractivity contribution in [3.8, 4) is 11.8 Å². The van der Waals surface area contributed by atoms with Crippen LogP contribution in [-0.4, -0.2) is 32.1 Å². The fraction of sp³-hybridized carbons (Fsp3) is 0.125. The molecule has 3 rings (SSSR count). The third-order valence-corrected chi connectivity index (χ3v) is 3.15. The van der Waals surface area contributed by atoms with E-state index in [1.54, 1.807) is 28.8 Å². The molecule has 2 aromatic heterocycles. The average molecular weight is 323 g/mol. The van der Waals surface area contributed by atoms with Crippen LogP contribution >= 0.6 is 0 Å². The predicted octanol–water partition coefficient (Wildman–Crippen LogP) is 0.562. The molecule has 120 valence electrons. The normalized spacial score (nSPS) is 10.2. The number of nitrogen functional groups attached to an aromatic ring is 1. The van der Waals surface area contributed by atoms with Crippen LogP contribution in [0.4, 0.5) is 5.95 Å². The number of carbonyl (C=O) groups excluding carboxylic acids is 1. The second kappa shape index (κ2) is 6.66. The Kier molecular flexibility index (Phi) is 4.25. The van der Waals surface area contributed by atoms with Gasteiger partial charge in [0, 0.05) is 0 Å². The highest BCUT2D eigenvalue weighted by Crippen LogP contribution is 2.05. The van der Waals surface area contributed by atoms with Gasteiger partial charge in [0.25, 0.3) is 5.56 Å². The Morgan fingerprint density at radius 1 is 1.29 bits per heavy atom. The summed E-state index contributed by atoms with van der Waals surface area (Å²) in [6.07, 6.45) is 1.46. The summed E-state index contributed by atoms with van der Waals surface area (Å²) in [5, 5.41) is 0. The van der Waals surface area contributed by atoms with Gasteiger partial charge in [-0.05, 0) is 12.1 Å². The number of rotatable bonds is 3. The van der Waals surface area contributed by atoms with E-state index in [4.69, 9.17) is 10.5 Å². The van der Waals surface area contributed by atoms with E-state index in [0.29, 0.717) is 11.2 Å². The zero-order valence-electron chi connectivity index (χ0n) is 12.5. The van der Waals surface area contributed by atoms with E-state index in [0.717, 1.165) is 0 Å².